The molecule has 22 heavy (non-hydrogen) atoms. The van der Waals surface area contributed by atoms with Crippen molar-refractivity contribution in [2.75, 3.05) is 13.2 Å². The molecule has 126 valence electrons. The minimum Gasteiger partial charge on any atom is -0.494 e. The molecular formula is C20H35NO. The number of benzene rings is 1. The first-order valence-electron chi connectivity index (χ1n) is 9.27. The molecule has 1 atom stereocenters. The molecule has 0 aromatic heterocycles. The van der Waals surface area contributed by atoms with E-state index >= 15 is 0 Å². The summed E-state index contributed by atoms with van der Waals surface area (Å²) in [5, 5.41) is 3.59. The lowest BCUT2D eigenvalue weighted by Crippen LogP contribution is -2.21. The number of hydrogen-bond acceptors (Lipinski definition) is 2. The van der Waals surface area contributed by atoms with Crippen LogP contribution in [-0.4, -0.2) is 13.2 Å². The third-order valence-electron chi connectivity index (χ3n) is 4.10. The van der Waals surface area contributed by atoms with Gasteiger partial charge in [0.2, 0.25) is 0 Å². The highest BCUT2D eigenvalue weighted by atomic mass is 16.5. The van der Waals surface area contributed by atoms with Gasteiger partial charge in [-0.1, -0.05) is 65.0 Å². The number of hydrogen-bond donors (Lipinski definition) is 1. The predicted molar refractivity (Wildman–Crippen MR) is 96.6 cm³/mol. The molecule has 0 aliphatic carbocycles. The number of rotatable bonds is 13. The highest BCUT2D eigenvalue weighted by Gasteiger charge is 2.07. The molecule has 0 saturated heterocycles. The van der Waals surface area contributed by atoms with E-state index in [1.165, 1.54) is 50.5 Å². The number of ether oxygens (including phenoxy) is 1. The van der Waals surface area contributed by atoms with E-state index in [4.69, 9.17) is 4.74 Å². The molecule has 0 amide bonds. The summed E-state index contributed by atoms with van der Waals surface area (Å²) in [5.41, 5.74) is 1.36. The van der Waals surface area contributed by atoms with Gasteiger partial charge in [0.15, 0.2) is 0 Å². The number of nitrogens with one attached hydrogen (secondary N) is 1. The average Bonchev–Trinajstić information content (AvgIpc) is 2.56. The summed E-state index contributed by atoms with van der Waals surface area (Å²) in [6.45, 7) is 8.62. The maximum atomic E-state index is 5.84. The summed E-state index contributed by atoms with van der Waals surface area (Å²) >= 11 is 0. The van der Waals surface area contributed by atoms with Crippen LogP contribution in [0.5, 0.6) is 5.75 Å². The maximum absolute atomic E-state index is 5.84. The van der Waals surface area contributed by atoms with Crippen LogP contribution in [0, 0.1) is 0 Å². The second-order valence-corrected chi connectivity index (χ2v) is 6.10. The van der Waals surface area contributed by atoms with Gasteiger partial charge in [-0.15, -0.1) is 0 Å². The van der Waals surface area contributed by atoms with Crippen molar-refractivity contribution in [3.05, 3.63) is 29.8 Å². The molecule has 0 aliphatic heterocycles. The van der Waals surface area contributed by atoms with Gasteiger partial charge in [-0.25, -0.2) is 0 Å². The van der Waals surface area contributed by atoms with E-state index in [2.05, 4.69) is 50.4 Å². The molecule has 2 heteroatoms. The second-order valence-electron chi connectivity index (χ2n) is 6.10. The Morgan fingerprint density at radius 2 is 1.55 bits per heavy atom. The SMILES string of the molecule is CCCCCCCCOc1ccc(C(CC)NCCC)cc1. The Hall–Kier alpha value is -1.02. The van der Waals surface area contributed by atoms with E-state index in [0.717, 1.165) is 25.3 Å². The fourth-order valence-electron chi connectivity index (χ4n) is 2.69. The largest absolute Gasteiger partial charge is 0.494 e. The molecule has 0 aliphatic rings. The molecule has 1 aromatic carbocycles. The highest BCUT2D eigenvalue weighted by Crippen LogP contribution is 2.20. The standard InChI is InChI=1S/C20H35NO/c1-4-7-8-9-10-11-17-22-19-14-12-18(13-15-19)20(6-3)21-16-5-2/h12-15,20-21H,4-11,16-17H2,1-3H3. The Morgan fingerprint density at radius 3 is 2.18 bits per heavy atom. The van der Waals surface area contributed by atoms with Gasteiger partial charge in [-0.05, 0) is 43.5 Å². The van der Waals surface area contributed by atoms with E-state index in [9.17, 15) is 0 Å². The zero-order chi connectivity index (χ0) is 16.0. The smallest absolute Gasteiger partial charge is 0.119 e. The average molecular weight is 306 g/mol. The Balaban J connectivity index is 2.26. The molecular weight excluding hydrogens is 270 g/mol. The van der Waals surface area contributed by atoms with Crippen LogP contribution in [0.25, 0.3) is 0 Å². The molecule has 0 saturated carbocycles. The lowest BCUT2D eigenvalue weighted by molar-refractivity contribution is 0.304. The Bertz CT molecular complexity index is 360. The van der Waals surface area contributed by atoms with Crippen molar-refractivity contribution in [1.82, 2.24) is 5.32 Å². The Labute approximate surface area is 137 Å². The van der Waals surface area contributed by atoms with Crippen molar-refractivity contribution < 1.29 is 4.74 Å². The summed E-state index contributed by atoms with van der Waals surface area (Å²) in [6, 6.07) is 9.10. The summed E-state index contributed by atoms with van der Waals surface area (Å²) in [4.78, 5) is 0. The molecule has 1 N–H and O–H groups in total. The summed E-state index contributed by atoms with van der Waals surface area (Å²) in [6.07, 6.45) is 10.2. The first-order valence-corrected chi connectivity index (χ1v) is 9.27. The van der Waals surface area contributed by atoms with E-state index in [-0.39, 0.29) is 0 Å². The van der Waals surface area contributed by atoms with Crippen molar-refractivity contribution in [2.45, 2.75) is 78.2 Å². The minimum atomic E-state index is 0.465. The molecule has 1 aromatic rings. The van der Waals surface area contributed by atoms with Crippen LogP contribution in [0.1, 0.15) is 83.7 Å². The normalized spacial score (nSPS) is 12.3. The molecule has 0 bridgehead atoms. The first kappa shape index (κ1) is 19.0. The Kier molecular flexibility index (Phi) is 10.8. The van der Waals surface area contributed by atoms with E-state index < -0.39 is 0 Å². The number of unbranched alkanes of at least 4 members (excludes halogenated alkanes) is 5. The van der Waals surface area contributed by atoms with Crippen LogP contribution in [0.3, 0.4) is 0 Å². The molecule has 0 radical (unpaired) electrons. The third kappa shape index (κ3) is 7.84. The lowest BCUT2D eigenvalue weighted by atomic mass is 10.0. The van der Waals surface area contributed by atoms with Crippen molar-refractivity contribution in [3.8, 4) is 5.75 Å². The molecule has 1 unspecified atom stereocenters. The summed E-state index contributed by atoms with van der Waals surface area (Å²) in [5.74, 6) is 1.00. The Morgan fingerprint density at radius 1 is 0.864 bits per heavy atom. The van der Waals surface area contributed by atoms with Crippen LogP contribution < -0.4 is 10.1 Å². The maximum Gasteiger partial charge on any atom is 0.119 e. The topological polar surface area (TPSA) is 21.3 Å². The minimum absolute atomic E-state index is 0.465. The zero-order valence-corrected chi connectivity index (χ0v) is 14.9. The zero-order valence-electron chi connectivity index (χ0n) is 14.9. The van der Waals surface area contributed by atoms with Gasteiger partial charge in [0, 0.05) is 6.04 Å². The summed E-state index contributed by atoms with van der Waals surface area (Å²) < 4.78 is 5.84. The monoisotopic (exact) mass is 305 g/mol. The van der Waals surface area contributed by atoms with E-state index in [1.807, 2.05) is 0 Å². The van der Waals surface area contributed by atoms with Gasteiger partial charge in [-0.3, -0.25) is 0 Å². The van der Waals surface area contributed by atoms with Gasteiger partial charge in [0.1, 0.15) is 5.75 Å². The van der Waals surface area contributed by atoms with Crippen LogP contribution in [-0.2, 0) is 0 Å². The van der Waals surface area contributed by atoms with Crippen molar-refractivity contribution in [2.24, 2.45) is 0 Å². The molecule has 0 spiro atoms. The van der Waals surface area contributed by atoms with Crippen LogP contribution in [0.15, 0.2) is 24.3 Å². The van der Waals surface area contributed by atoms with Crippen molar-refractivity contribution in [1.29, 1.82) is 0 Å². The molecule has 0 fully saturated rings. The van der Waals surface area contributed by atoms with Gasteiger partial charge in [0.25, 0.3) is 0 Å². The fourth-order valence-corrected chi connectivity index (χ4v) is 2.69. The van der Waals surface area contributed by atoms with Crippen molar-refractivity contribution in [3.63, 3.8) is 0 Å². The van der Waals surface area contributed by atoms with Crippen LogP contribution >= 0.6 is 0 Å². The fraction of sp³-hybridized carbons (Fsp3) is 0.700. The molecule has 2 nitrogen and oxygen atoms in total. The van der Waals surface area contributed by atoms with Gasteiger partial charge in [0.05, 0.1) is 6.61 Å². The summed E-state index contributed by atoms with van der Waals surface area (Å²) in [7, 11) is 0. The third-order valence-corrected chi connectivity index (χ3v) is 4.10. The highest BCUT2D eigenvalue weighted by molar-refractivity contribution is 5.29. The van der Waals surface area contributed by atoms with Gasteiger partial charge >= 0.3 is 0 Å². The lowest BCUT2D eigenvalue weighted by Gasteiger charge is -2.17. The van der Waals surface area contributed by atoms with Crippen LogP contribution in [0.4, 0.5) is 0 Å². The first-order chi connectivity index (χ1) is 10.8. The second kappa shape index (κ2) is 12.5. The predicted octanol–water partition coefficient (Wildman–Crippen LogP) is 5.88. The van der Waals surface area contributed by atoms with Crippen LogP contribution in [0.2, 0.25) is 0 Å². The van der Waals surface area contributed by atoms with Gasteiger partial charge in [-0.2, -0.15) is 0 Å². The quantitative estimate of drug-likeness (QED) is 0.460. The van der Waals surface area contributed by atoms with E-state index in [0.29, 0.717) is 6.04 Å². The van der Waals surface area contributed by atoms with Gasteiger partial charge < -0.3 is 10.1 Å². The van der Waals surface area contributed by atoms with E-state index in [1.54, 1.807) is 0 Å². The van der Waals surface area contributed by atoms with Crippen molar-refractivity contribution >= 4 is 0 Å². The molecule has 1 rings (SSSR count). The molecule has 0 heterocycles.